The summed E-state index contributed by atoms with van der Waals surface area (Å²) in [6, 6.07) is 20.3. The maximum absolute atomic E-state index is 6.29. The van der Waals surface area contributed by atoms with Gasteiger partial charge in [0.2, 0.25) is 0 Å². The van der Waals surface area contributed by atoms with Crippen LogP contribution in [0, 0.1) is 0 Å². The van der Waals surface area contributed by atoms with Crippen LogP contribution in [0.2, 0.25) is 0 Å². The molecule has 3 aromatic rings. The summed E-state index contributed by atoms with van der Waals surface area (Å²) >= 11 is 3.69. The first-order chi connectivity index (χ1) is 11.5. The quantitative estimate of drug-likeness (QED) is 0.527. The summed E-state index contributed by atoms with van der Waals surface area (Å²) in [4.78, 5) is 0. The fourth-order valence-electron chi connectivity index (χ4n) is 2.96. The molecule has 4 rings (SSSR count). The van der Waals surface area contributed by atoms with E-state index in [9.17, 15) is 0 Å². The van der Waals surface area contributed by atoms with Crippen LogP contribution in [0.5, 0.6) is 11.5 Å². The fourth-order valence-corrected chi connectivity index (χ4v) is 3.54. The molecule has 2 nitrogen and oxygen atoms in total. The van der Waals surface area contributed by atoms with E-state index in [-0.39, 0.29) is 0 Å². The normalized spacial score (nSPS) is 15.4. The van der Waals surface area contributed by atoms with Crippen molar-refractivity contribution in [3.8, 4) is 11.5 Å². The predicted molar refractivity (Wildman–Crippen MR) is 101 cm³/mol. The van der Waals surface area contributed by atoms with Crippen molar-refractivity contribution in [3.63, 3.8) is 0 Å². The Balaban J connectivity index is 1.80. The molecule has 0 bridgehead atoms. The van der Waals surface area contributed by atoms with Crippen LogP contribution in [0.4, 0.5) is 0 Å². The van der Waals surface area contributed by atoms with Gasteiger partial charge in [-0.2, -0.15) is 0 Å². The lowest BCUT2D eigenvalue weighted by molar-refractivity contribution is 0.154. The van der Waals surface area contributed by atoms with Gasteiger partial charge >= 0.3 is 0 Å². The van der Waals surface area contributed by atoms with Crippen molar-refractivity contribution in [1.82, 2.24) is 0 Å². The predicted octanol–water partition coefficient (Wildman–Crippen LogP) is 6.19. The van der Waals surface area contributed by atoms with E-state index in [1.807, 2.05) is 62.4 Å². The highest BCUT2D eigenvalue weighted by molar-refractivity contribution is 9.10. The van der Waals surface area contributed by atoms with Crippen LogP contribution in [0.1, 0.15) is 19.4 Å². The highest BCUT2D eigenvalue weighted by Crippen LogP contribution is 2.40. The Bertz CT molecular complexity index is 957. The van der Waals surface area contributed by atoms with Crippen LogP contribution >= 0.6 is 15.9 Å². The molecule has 24 heavy (non-hydrogen) atoms. The van der Waals surface area contributed by atoms with Crippen LogP contribution in [0.25, 0.3) is 16.5 Å². The standard InChI is InChI=1S/C21H17BrO2/c1-21(2)13-19(16-9-5-6-10-17(16)24-21)23-18-12-11-14-7-3-4-8-15(14)20(18)22/h3-13H,1-2H3. The van der Waals surface area contributed by atoms with Gasteiger partial charge in [-0.3, -0.25) is 0 Å². The monoisotopic (exact) mass is 380 g/mol. The summed E-state index contributed by atoms with van der Waals surface area (Å²) in [6.07, 6.45) is 2.02. The molecule has 0 saturated carbocycles. The Hall–Kier alpha value is -2.26. The summed E-state index contributed by atoms with van der Waals surface area (Å²) in [5.74, 6) is 2.46. The fraction of sp³-hybridized carbons (Fsp3) is 0.143. The zero-order valence-electron chi connectivity index (χ0n) is 13.5. The summed E-state index contributed by atoms with van der Waals surface area (Å²) in [7, 11) is 0. The largest absolute Gasteiger partial charge is 0.483 e. The smallest absolute Gasteiger partial charge is 0.142 e. The molecule has 0 aliphatic carbocycles. The third-order valence-electron chi connectivity index (χ3n) is 4.05. The number of hydrogen-bond donors (Lipinski definition) is 0. The molecule has 1 heterocycles. The molecule has 3 aromatic carbocycles. The second-order valence-corrected chi connectivity index (χ2v) is 7.20. The minimum Gasteiger partial charge on any atom is -0.483 e. The van der Waals surface area contributed by atoms with Crippen molar-refractivity contribution in [3.05, 3.63) is 76.8 Å². The van der Waals surface area contributed by atoms with Crippen LogP contribution < -0.4 is 9.47 Å². The average molecular weight is 381 g/mol. The van der Waals surface area contributed by atoms with Gasteiger partial charge in [0.1, 0.15) is 22.9 Å². The van der Waals surface area contributed by atoms with Gasteiger partial charge in [0.05, 0.1) is 10.0 Å². The summed E-state index contributed by atoms with van der Waals surface area (Å²) in [5.41, 5.74) is 0.560. The number of ether oxygens (including phenoxy) is 2. The van der Waals surface area contributed by atoms with Gasteiger partial charge in [0.25, 0.3) is 0 Å². The molecular formula is C21H17BrO2. The van der Waals surface area contributed by atoms with Crippen molar-refractivity contribution < 1.29 is 9.47 Å². The summed E-state index contributed by atoms with van der Waals surface area (Å²) in [6.45, 7) is 4.06. The van der Waals surface area contributed by atoms with E-state index in [4.69, 9.17) is 9.47 Å². The van der Waals surface area contributed by atoms with Gasteiger partial charge in [0, 0.05) is 6.08 Å². The molecule has 0 aromatic heterocycles. The van der Waals surface area contributed by atoms with Crippen LogP contribution in [0.3, 0.4) is 0 Å². The second kappa shape index (κ2) is 5.67. The second-order valence-electron chi connectivity index (χ2n) is 6.41. The zero-order chi connectivity index (χ0) is 16.7. The van der Waals surface area contributed by atoms with Crippen LogP contribution in [-0.2, 0) is 0 Å². The lowest BCUT2D eigenvalue weighted by Crippen LogP contribution is -2.29. The topological polar surface area (TPSA) is 18.5 Å². The number of para-hydroxylation sites is 1. The lowest BCUT2D eigenvalue weighted by atomic mass is 10.0. The molecule has 120 valence electrons. The van der Waals surface area contributed by atoms with E-state index in [1.54, 1.807) is 0 Å². The van der Waals surface area contributed by atoms with Crippen LogP contribution in [-0.4, -0.2) is 5.60 Å². The Morgan fingerprint density at radius 2 is 1.67 bits per heavy atom. The third kappa shape index (κ3) is 2.69. The van der Waals surface area contributed by atoms with Crippen molar-refractivity contribution in [1.29, 1.82) is 0 Å². The van der Waals surface area contributed by atoms with Gasteiger partial charge in [-0.1, -0.05) is 42.5 Å². The number of benzene rings is 3. The maximum Gasteiger partial charge on any atom is 0.142 e. The number of rotatable bonds is 2. The Morgan fingerprint density at radius 3 is 2.54 bits per heavy atom. The van der Waals surface area contributed by atoms with E-state index < -0.39 is 5.60 Å². The van der Waals surface area contributed by atoms with Gasteiger partial charge in [-0.05, 0) is 58.7 Å². The average Bonchev–Trinajstić information content (AvgIpc) is 2.56. The van der Waals surface area contributed by atoms with E-state index in [0.29, 0.717) is 0 Å². The number of halogens is 1. The lowest BCUT2D eigenvalue weighted by Gasteiger charge is -2.30. The molecule has 3 heteroatoms. The minimum atomic E-state index is -0.410. The molecule has 0 radical (unpaired) electrons. The highest BCUT2D eigenvalue weighted by Gasteiger charge is 2.28. The molecule has 0 atom stereocenters. The van der Waals surface area contributed by atoms with E-state index in [0.717, 1.165) is 32.7 Å². The molecule has 0 fully saturated rings. The molecule has 0 unspecified atom stereocenters. The van der Waals surface area contributed by atoms with E-state index in [1.165, 1.54) is 5.39 Å². The molecule has 1 aliphatic rings. The van der Waals surface area contributed by atoms with Crippen LogP contribution in [0.15, 0.2) is 71.2 Å². The molecule has 1 aliphatic heterocycles. The Labute approximate surface area is 149 Å². The van der Waals surface area contributed by atoms with E-state index >= 15 is 0 Å². The SMILES string of the molecule is CC1(C)C=C(Oc2ccc3ccccc3c2Br)c2ccccc2O1. The van der Waals surface area contributed by atoms with Crippen molar-refractivity contribution in [2.45, 2.75) is 19.4 Å². The first-order valence-corrected chi connectivity index (χ1v) is 8.69. The van der Waals surface area contributed by atoms with Gasteiger partial charge < -0.3 is 9.47 Å². The molecule has 0 amide bonds. The minimum absolute atomic E-state index is 0.410. The number of hydrogen-bond acceptors (Lipinski definition) is 2. The van der Waals surface area contributed by atoms with Crippen molar-refractivity contribution in [2.24, 2.45) is 0 Å². The third-order valence-corrected chi connectivity index (χ3v) is 4.87. The first kappa shape index (κ1) is 15.3. The maximum atomic E-state index is 6.29. The Morgan fingerprint density at radius 1 is 0.917 bits per heavy atom. The van der Waals surface area contributed by atoms with Crippen molar-refractivity contribution in [2.75, 3.05) is 0 Å². The molecule has 0 saturated heterocycles. The molecule has 0 N–H and O–H groups in total. The molecule has 0 spiro atoms. The Kier molecular flexibility index (Phi) is 3.61. The van der Waals surface area contributed by atoms with Gasteiger partial charge in [0.15, 0.2) is 0 Å². The molecular weight excluding hydrogens is 364 g/mol. The highest BCUT2D eigenvalue weighted by atomic mass is 79.9. The number of fused-ring (bicyclic) bond motifs is 2. The van der Waals surface area contributed by atoms with Gasteiger partial charge in [-0.25, -0.2) is 0 Å². The van der Waals surface area contributed by atoms with E-state index in [2.05, 4.69) is 34.1 Å². The van der Waals surface area contributed by atoms with Gasteiger partial charge in [-0.15, -0.1) is 0 Å². The first-order valence-electron chi connectivity index (χ1n) is 7.90. The summed E-state index contributed by atoms with van der Waals surface area (Å²) in [5, 5.41) is 2.31. The summed E-state index contributed by atoms with van der Waals surface area (Å²) < 4.78 is 13.3. The van der Waals surface area contributed by atoms with Crippen molar-refractivity contribution >= 4 is 32.5 Å². The zero-order valence-corrected chi connectivity index (χ0v) is 15.1.